The van der Waals surface area contributed by atoms with E-state index in [1.165, 1.54) is 39.7 Å². The zero-order valence-electron chi connectivity index (χ0n) is 17.9. The van der Waals surface area contributed by atoms with Gasteiger partial charge in [0, 0.05) is 5.56 Å². The molecular formula is C24H23FN2O5. The van der Waals surface area contributed by atoms with Crippen LogP contribution in [0.1, 0.15) is 21.5 Å². The SMILES string of the molecule is COc1ccc(C(=O)N/N=C/c2ccc(OCc3cccc(F)c3)c(OC)c2)cc1OC. The number of ether oxygens (including phenoxy) is 4. The van der Waals surface area contributed by atoms with E-state index in [1.54, 1.807) is 48.5 Å². The molecule has 166 valence electrons. The number of halogens is 1. The van der Waals surface area contributed by atoms with Crippen molar-refractivity contribution in [3.8, 4) is 23.0 Å². The van der Waals surface area contributed by atoms with E-state index in [9.17, 15) is 9.18 Å². The van der Waals surface area contributed by atoms with Crippen LogP contribution < -0.4 is 24.4 Å². The van der Waals surface area contributed by atoms with Crippen molar-refractivity contribution in [1.29, 1.82) is 0 Å². The van der Waals surface area contributed by atoms with Gasteiger partial charge in [0.15, 0.2) is 23.0 Å². The highest BCUT2D eigenvalue weighted by Gasteiger charge is 2.10. The van der Waals surface area contributed by atoms with E-state index in [0.29, 0.717) is 39.7 Å². The molecule has 0 aliphatic carbocycles. The Labute approximate surface area is 185 Å². The van der Waals surface area contributed by atoms with Crippen molar-refractivity contribution < 1.29 is 28.1 Å². The van der Waals surface area contributed by atoms with Crippen LogP contribution in [0.4, 0.5) is 4.39 Å². The minimum absolute atomic E-state index is 0.197. The summed E-state index contributed by atoms with van der Waals surface area (Å²) in [5, 5.41) is 3.99. The molecule has 3 rings (SSSR count). The lowest BCUT2D eigenvalue weighted by Gasteiger charge is -2.11. The number of nitrogens with one attached hydrogen (secondary N) is 1. The second-order valence-corrected chi connectivity index (χ2v) is 6.60. The predicted octanol–water partition coefficient (Wildman–Crippen LogP) is 4.19. The molecule has 3 aromatic carbocycles. The monoisotopic (exact) mass is 438 g/mol. The van der Waals surface area contributed by atoms with Gasteiger partial charge < -0.3 is 18.9 Å². The molecule has 0 fully saturated rings. The molecule has 3 aromatic rings. The number of hydrogen-bond acceptors (Lipinski definition) is 6. The van der Waals surface area contributed by atoms with Gasteiger partial charge in [0.05, 0.1) is 27.5 Å². The van der Waals surface area contributed by atoms with Crippen LogP contribution in [0.15, 0.2) is 65.8 Å². The first-order valence-electron chi connectivity index (χ1n) is 9.64. The van der Waals surface area contributed by atoms with Gasteiger partial charge in [-0.15, -0.1) is 0 Å². The van der Waals surface area contributed by atoms with Crippen LogP contribution in [-0.4, -0.2) is 33.5 Å². The molecule has 8 heteroatoms. The number of hydrazone groups is 1. The summed E-state index contributed by atoms with van der Waals surface area (Å²) in [6.07, 6.45) is 1.48. The maximum Gasteiger partial charge on any atom is 0.271 e. The van der Waals surface area contributed by atoms with Crippen LogP contribution in [0.5, 0.6) is 23.0 Å². The van der Waals surface area contributed by atoms with E-state index in [1.807, 2.05) is 0 Å². The minimum Gasteiger partial charge on any atom is -0.493 e. The Balaban J connectivity index is 1.63. The van der Waals surface area contributed by atoms with Crippen molar-refractivity contribution in [3.05, 3.63) is 83.2 Å². The summed E-state index contributed by atoms with van der Waals surface area (Å²) in [5.41, 5.74) is 4.23. The van der Waals surface area contributed by atoms with Crippen molar-refractivity contribution >= 4 is 12.1 Å². The average molecular weight is 438 g/mol. The molecule has 0 saturated heterocycles. The topological polar surface area (TPSA) is 78.4 Å². The standard InChI is InChI=1S/C24H23FN2O5/c1-29-20-10-8-18(13-23(20)31-3)24(28)27-26-14-16-7-9-21(22(12-16)30-2)32-15-17-5-4-6-19(25)11-17/h4-14H,15H2,1-3H3,(H,27,28)/b26-14+. The Bertz CT molecular complexity index is 1120. The van der Waals surface area contributed by atoms with E-state index in [0.717, 1.165) is 0 Å². The van der Waals surface area contributed by atoms with Gasteiger partial charge in [-0.25, -0.2) is 9.82 Å². The molecule has 0 unspecified atom stereocenters. The van der Waals surface area contributed by atoms with Gasteiger partial charge in [0.2, 0.25) is 0 Å². The molecule has 0 spiro atoms. The molecule has 7 nitrogen and oxygen atoms in total. The van der Waals surface area contributed by atoms with Gasteiger partial charge in [-0.2, -0.15) is 5.10 Å². The summed E-state index contributed by atoms with van der Waals surface area (Å²) in [7, 11) is 4.54. The highest BCUT2D eigenvalue weighted by Crippen LogP contribution is 2.29. The summed E-state index contributed by atoms with van der Waals surface area (Å²) in [5.74, 6) is 1.24. The molecule has 0 aliphatic heterocycles. The first-order chi connectivity index (χ1) is 15.5. The molecule has 0 atom stereocenters. The van der Waals surface area contributed by atoms with Crippen molar-refractivity contribution in [2.45, 2.75) is 6.61 Å². The van der Waals surface area contributed by atoms with Gasteiger partial charge in [0.25, 0.3) is 5.91 Å². The quantitative estimate of drug-likeness (QED) is 0.400. The maximum absolute atomic E-state index is 13.3. The molecule has 0 aromatic heterocycles. The lowest BCUT2D eigenvalue weighted by atomic mass is 10.2. The molecule has 1 amide bonds. The smallest absolute Gasteiger partial charge is 0.271 e. The third kappa shape index (κ3) is 5.75. The summed E-state index contributed by atoms with van der Waals surface area (Å²) in [4.78, 5) is 12.3. The van der Waals surface area contributed by atoms with Crippen LogP contribution >= 0.6 is 0 Å². The predicted molar refractivity (Wildman–Crippen MR) is 118 cm³/mol. The maximum atomic E-state index is 13.3. The second-order valence-electron chi connectivity index (χ2n) is 6.60. The van der Waals surface area contributed by atoms with Gasteiger partial charge in [-0.05, 0) is 59.7 Å². The Hall–Kier alpha value is -4.07. The zero-order valence-corrected chi connectivity index (χ0v) is 17.9. The molecule has 0 heterocycles. The summed E-state index contributed by atoms with van der Waals surface area (Å²) < 4.78 is 34.8. The highest BCUT2D eigenvalue weighted by molar-refractivity contribution is 5.95. The molecule has 0 saturated carbocycles. The van der Waals surface area contributed by atoms with E-state index >= 15 is 0 Å². The zero-order chi connectivity index (χ0) is 22.9. The normalized spacial score (nSPS) is 10.6. The van der Waals surface area contributed by atoms with Crippen molar-refractivity contribution in [3.63, 3.8) is 0 Å². The first kappa shape index (κ1) is 22.6. The fourth-order valence-electron chi connectivity index (χ4n) is 2.88. The molecule has 0 bridgehead atoms. The van der Waals surface area contributed by atoms with Gasteiger partial charge in [0.1, 0.15) is 12.4 Å². The van der Waals surface area contributed by atoms with Crippen LogP contribution in [-0.2, 0) is 6.61 Å². The lowest BCUT2D eigenvalue weighted by molar-refractivity contribution is 0.0954. The van der Waals surface area contributed by atoms with Crippen LogP contribution in [0.2, 0.25) is 0 Å². The summed E-state index contributed by atoms with van der Waals surface area (Å²) in [6, 6.07) is 16.2. The van der Waals surface area contributed by atoms with Gasteiger partial charge in [-0.3, -0.25) is 4.79 Å². The second kappa shape index (κ2) is 10.8. The number of carbonyl (C=O) groups is 1. The fraction of sp³-hybridized carbons (Fsp3) is 0.167. The Morgan fingerprint density at radius 2 is 1.62 bits per heavy atom. The third-order valence-electron chi connectivity index (χ3n) is 4.50. The molecular weight excluding hydrogens is 415 g/mol. The van der Waals surface area contributed by atoms with Crippen molar-refractivity contribution in [1.82, 2.24) is 5.43 Å². The van der Waals surface area contributed by atoms with E-state index in [-0.39, 0.29) is 12.4 Å². The number of benzene rings is 3. The van der Waals surface area contributed by atoms with Crippen LogP contribution in [0.25, 0.3) is 0 Å². The number of methoxy groups -OCH3 is 3. The minimum atomic E-state index is -0.399. The number of amides is 1. The van der Waals surface area contributed by atoms with E-state index < -0.39 is 5.91 Å². The molecule has 0 aliphatic rings. The first-order valence-corrected chi connectivity index (χ1v) is 9.64. The van der Waals surface area contributed by atoms with Crippen molar-refractivity contribution in [2.24, 2.45) is 5.10 Å². The fourth-order valence-corrected chi connectivity index (χ4v) is 2.88. The summed E-state index contributed by atoms with van der Waals surface area (Å²) in [6.45, 7) is 0.197. The van der Waals surface area contributed by atoms with E-state index in [4.69, 9.17) is 18.9 Å². The molecule has 0 radical (unpaired) electrons. The number of hydrogen-bond donors (Lipinski definition) is 1. The summed E-state index contributed by atoms with van der Waals surface area (Å²) >= 11 is 0. The number of rotatable bonds is 9. The number of nitrogens with zero attached hydrogens (tertiary/aromatic N) is 1. The Morgan fingerprint density at radius 3 is 2.34 bits per heavy atom. The highest BCUT2D eigenvalue weighted by atomic mass is 19.1. The van der Waals surface area contributed by atoms with Crippen molar-refractivity contribution in [2.75, 3.05) is 21.3 Å². The Morgan fingerprint density at radius 1 is 0.906 bits per heavy atom. The van der Waals surface area contributed by atoms with E-state index in [2.05, 4.69) is 10.5 Å². The van der Waals surface area contributed by atoms with Crippen LogP contribution in [0.3, 0.4) is 0 Å². The molecule has 32 heavy (non-hydrogen) atoms. The van der Waals surface area contributed by atoms with Gasteiger partial charge in [-0.1, -0.05) is 12.1 Å². The molecule has 1 N–H and O–H groups in total. The Kier molecular flexibility index (Phi) is 7.64. The third-order valence-corrected chi connectivity index (χ3v) is 4.50. The average Bonchev–Trinajstić information content (AvgIpc) is 2.82. The largest absolute Gasteiger partial charge is 0.493 e. The number of carbonyl (C=O) groups excluding carboxylic acids is 1. The van der Waals surface area contributed by atoms with Crippen LogP contribution in [0, 0.1) is 5.82 Å². The van der Waals surface area contributed by atoms with Gasteiger partial charge >= 0.3 is 0 Å². The lowest BCUT2D eigenvalue weighted by Crippen LogP contribution is -2.17.